The number of rotatable bonds is 5. The van der Waals surface area contributed by atoms with E-state index < -0.39 is 12.0 Å². The molecule has 0 aliphatic heterocycles. The highest BCUT2D eigenvalue weighted by Gasteiger charge is 2.21. The minimum Gasteiger partial charge on any atom is -0.346 e. The lowest BCUT2D eigenvalue weighted by Gasteiger charge is -2.11. The minimum absolute atomic E-state index is 0.367. The first kappa shape index (κ1) is 17.8. The van der Waals surface area contributed by atoms with Crippen molar-refractivity contribution in [1.82, 2.24) is 4.57 Å². The Hall–Kier alpha value is -2.01. The molecule has 0 amide bonds. The van der Waals surface area contributed by atoms with Gasteiger partial charge in [0.15, 0.2) is 0 Å². The SMILES string of the molecule is Cc1c(C[C@H](N)C(=O)OCl)c2ccccc2n1Cc1ccc(Cl)cc1. The van der Waals surface area contributed by atoms with E-state index in [9.17, 15) is 4.79 Å². The molecule has 0 bridgehead atoms. The Morgan fingerprint density at radius 1 is 1.20 bits per heavy atom. The molecule has 0 saturated heterocycles. The Balaban J connectivity index is 2.02. The second kappa shape index (κ2) is 7.48. The first-order chi connectivity index (χ1) is 12.0. The van der Waals surface area contributed by atoms with Crippen LogP contribution in [0.1, 0.15) is 16.8 Å². The molecule has 0 fully saturated rings. The molecule has 25 heavy (non-hydrogen) atoms. The maximum atomic E-state index is 11.6. The number of benzene rings is 2. The smallest absolute Gasteiger partial charge is 0.341 e. The number of halogens is 2. The summed E-state index contributed by atoms with van der Waals surface area (Å²) in [6.07, 6.45) is 0.367. The summed E-state index contributed by atoms with van der Waals surface area (Å²) >= 11 is 11.1. The summed E-state index contributed by atoms with van der Waals surface area (Å²) in [6.45, 7) is 2.74. The van der Waals surface area contributed by atoms with Gasteiger partial charge in [-0.2, -0.15) is 0 Å². The van der Waals surface area contributed by atoms with Crippen LogP contribution in [0.5, 0.6) is 0 Å². The van der Waals surface area contributed by atoms with Gasteiger partial charge in [-0.25, -0.2) is 4.79 Å². The van der Waals surface area contributed by atoms with Crippen LogP contribution in [-0.2, 0) is 22.0 Å². The number of hydrogen-bond acceptors (Lipinski definition) is 3. The molecular formula is C19H18Cl2N2O2. The van der Waals surface area contributed by atoms with Crippen molar-refractivity contribution >= 4 is 40.3 Å². The number of nitrogens with zero attached hydrogens (tertiary/aromatic N) is 1. The van der Waals surface area contributed by atoms with E-state index in [1.165, 1.54) is 0 Å². The van der Waals surface area contributed by atoms with E-state index in [4.69, 9.17) is 29.2 Å². The maximum absolute atomic E-state index is 11.6. The highest BCUT2D eigenvalue weighted by atomic mass is 35.5. The fourth-order valence-corrected chi connectivity index (χ4v) is 3.34. The van der Waals surface area contributed by atoms with Gasteiger partial charge < -0.3 is 14.6 Å². The number of nitrogens with two attached hydrogens (primary N) is 1. The second-order valence-corrected chi connectivity index (χ2v) is 6.59. The lowest BCUT2D eigenvalue weighted by Crippen LogP contribution is -2.33. The van der Waals surface area contributed by atoms with Crippen LogP contribution in [0.15, 0.2) is 48.5 Å². The van der Waals surface area contributed by atoms with Crippen molar-refractivity contribution in [2.75, 3.05) is 0 Å². The van der Waals surface area contributed by atoms with Crippen LogP contribution >= 0.6 is 23.5 Å². The summed E-state index contributed by atoms with van der Waals surface area (Å²) in [6, 6.07) is 15.0. The first-order valence-corrected chi connectivity index (χ1v) is 8.59. The summed E-state index contributed by atoms with van der Waals surface area (Å²) in [5.74, 6) is -0.629. The van der Waals surface area contributed by atoms with E-state index in [0.29, 0.717) is 18.0 Å². The molecular weight excluding hydrogens is 359 g/mol. The second-order valence-electron chi connectivity index (χ2n) is 6.00. The average molecular weight is 377 g/mol. The normalized spacial score (nSPS) is 12.3. The van der Waals surface area contributed by atoms with Gasteiger partial charge in [0.1, 0.15) is 17.9 Å². The number of carbonyl (C=O) groups is 1. The van der Waals surface area contributed by atoms with E-state index in [0.717, 1.165) is 27.7 Å². The molecule has 2 N–H and O–H groups in total. The van der Waals surface area contributed by atoms with Crippen LogP contribution in [0.2, 0.25) is 5.02 Å². The maximum Gasteiger partial charge on any atom is 0.341 e. The fourth-order valence-electron chi connectivity index (χ4n) is 3.10. The summed E-state index contributed by atoms with van der Waals surface area (Å²) in [5, 5.41) is 1.79. The van der Waals surface area contributed by atoms with Crippen molar-refractivity contribution in [3.63, 3.8) is 0 Å². The Bertz CT molecular complexity index is 904. The zero-order valence-corrected chi connectivity index (χ0v) is 15.2. The Morgan fingerprint density at radius 2 is 1.88 bits per heavy atom. The molecule has 130 valence electrons. The van der Waals surface area contributed by atoms with Gasteiger partial charge in [-0.3, -0.25) is 0 Å². The number of carbonyl (C=O) groups excluding carboxylic acids is 1. The predicted octanol–water partition coefficient (Wildman–Crippen LogP) is 4.22. The molecule has 3 rings (SSSR count). The Labute approximate surface area is 156 Å². The summed E-state index contributed by atoms with van der Waals surface area (Å²) in [4.78, 5) is 11.6. The van der Waals surface area contributed by atoms with E-state index in [2.05, 4.69) is 14.9 Å². The number of fused-ring (bicyclic) bond motifs is 1. The minimum atomic E-state index is -0.800. The third kappa shape index (κ3) is 3.66. The van der Waals surface area contributed by atoms with Crippen LogP contribution < -0.4 is 5.73 Å². The fraction of sp³-hybridized carbons (Fsp3) is 0.211. The van der Waals surface area contributed by atoms with Crippen LogP contribution in [0, 0.1) is 6.92 Å². The van der Waals surface area contributed by atoms with Gasteiger partial charge >= 0.3 is 5.97 Å². The number of para-hydroxylation sites is 1. The highest BCUT2D eigenvalue weighted by Crippen LogP contribution is 2.28. The molecule has 0 saturated carbocycles. The van der Waals surface area contributed by atoms with Crippen molar-refractivity contribution in [3.8, 4) is 0 Å². The van der Waals surface area contributed by atoms with E-state index >= 15 is 0 Å². The molecule has 4 nitrogen and oxygen atoms in total. The summed E-state index contributed by atoms with van der Waals surface area (Å²) < 4.78 is 6.45. The zero-order valence-electron chi connectivity index (χ0n) is 13.7. The molecule has 1 aromatic heterocycles. The number of hydrogen-bond donors (Lipinski definition) is 1. The standard InChI is InChI=1S/C19H18Cl2N2O2/c1-12-16(10-17(22)19(24)25-21)15-4-2-3-5-18(15)23(12)11-13-6-8-14(20)9-7-13/h2-9,17H,10-11,22H2,1H3/t17-/m0/s1. The van der Waals surface area contributed by atoms with Crippen molar-refractivity contribution in [3.05, 3.63) is 70.4 Å². The molecule has 0 radical (unpaired) electrons. The molecule has 0 spiro atoms. The molecule has 6 heteroatoms. The van der Waals surface area contributed by atoms with Crippen LogP contribution in [-0.4, -0.2) is 16.6 Å². The van der Waals surface area contributed by atoms with Gasteiger partial charge in [-0.1, -0.05) is 41.9 Å². The van der Waals surface area contributed by atoms with E-state index in [1.807, 2.05) is 49.4 Å². The molecule has 2 aromatic carbocycles. The van der Waals surface area contributed by atoms with E-state index in [1.54, 1.807) is 0 Å². The van der Waals surface area contributed by atoms with Gasteiger partial charge in [0.2, 0.25) is 0 Å². The average Bonchev–Trinajstić information content (AvgIpc) is 2.88. The van der Waals surface area contributed by atoms with Gasteiger partial charge in [0.25, 0.3) is 0 Å². The summed E-state index contributed by atoms with van der Waals surface area (Å²) in [7, 11) is 0. The van der Waals surface area contributed by atoms with Gasteiger partial charge in [-0.05, 0) is 36.2 Å². The van der Waals surface area contributed by atoms with E-state index in [-0.39, 0.29) is 0 Å². The topological polar surface area (TPSA) is 57.3 Å². The molecule has 0 aliphatic carbocycles. The van der Waals surface area contributed by atoms with Gasteiger partial charge in [0, 0.05) is 34.6 Å². The van der Waals surface area contributed by atoms with Gasteiger partial charge in [-0.15, -0.1) is 0 Å². The lowest BCUT2D eigenvalue weighted by molar-refractivity contribution is -0.135. The predicted molar refractivity (Wildman–Crippen MR) is 101 cm³/mol. The summed E-state index contributed by atoms with van der Waals surface area (Å²) in [5.41, 5.74) is 10.2. The van der Waals surface area contributed by atoms with Crippen molar-refractivity contribution in [2.24, 2.45) is 5.73 Å². The zero-order chi connectivity index (χ0) is 18.0. The van der Waals surface area contributed by atoms with Crippen LogP contribution in [0.4, 0.5) is 0 Å². The molecule has 0 aliphatic rings. The molecule has 0 unspecified atom stereocenters. The van der Waals surface area contributed by atoms with Crippen molar-refractivity contribution < 1.29 is 9.08 Å². The lowest BCUT2D eigenvalue weighted by atomic mass is 10.0. The van der Waals surface area contributed by atoms with Crippen molar-refractivity contribution in [2.45, 2.75) is 25.9 Å². The Kier molecular flexibility index (Phi) is 5.33. The number of aromatic nitrogens is 1. The largest absolute Gasteiger partial charge is 0.346 e. The monoisotopic (exact) mass is 376 g/mol. The first-order valence-electron chi connectivity index (χ1n) is 7.90. The quantitative estimate of drug-likeness (QED) is 0.725. The Morgan fingerprint density at radius 3 is 2.56 bits per heavy atom. The highest BCUT2D eigenvalue weighted by molar-refractivity contribution is 6.30. The third-order valence-corrected chi connectivity index (χ3v) is 4.82. The van der Waals surface area contributed by atoms with Gasteiger partial charge in [0.05, 0.1) is 0 Å². The van der Waals surface area contributed by atoms with Crippen LogP contribution in [0.3, 0.4) is 0 Å². The molecule has 1 atom stereocenters. The molecule has 3 aromatic rings. The molecule has 1 heterocycles. The van der Waals surface area contributed by atoms with Crippen LogP contribution in [0.25, 0.3) is 10.9 Å². The van der Waals surface area contributed by atoms with Crippen molar-refractivity contribution in [1.29, 1.82) is 0 Å². The third-order valence-electron chi connectivity index (χ3n) is 4.42.